The number of para-hydroxylation sites is 1. The van der Waals surface area contributed by atoms with Gasteiger partial charge in [0.2, 0.25) is 5.91 Å². The van der Waals surface area contributed by atoms with Gasteiger partial charge in [0.25, 0.3) is 0 Å². The number of urea groups is 1. The van der Waals surface area contributed by atoms with Crippen LogP contribution in [0.5, 0.6) is 5.75 Å². The Morgan fingerprint density at radius 3 is 2.71 bits per heavy atom. The van der Waals surface area contributed by atoms with Crippen LogP contribution in [-0.2, 0) is 43.2 Å². The van der Waals surface area contributed by atoms with Gasteiger partial charge in [-0.15, -0.1) is 11.3 Å². The molecule has 0 atom stereocenters. The Balaban J connectivity index is 1.37. The van der Waals surface area contributed by atoms with Crippen LogP contribution < -0.4 is 15.4 Å². The van der Waals surface area contributed by atoms with Crippen LogP contribution in [0.15, 0.2) is 30.3 Å². The average molecular weight is 535 g/mol. The first-order chi connectivity index (χ1) is 18.1. The van der Waals surface area contributed by atoms with E-state index in [1.807, 2.05) is 37.4 Å². The molecule has 2 N–H and O–H groups in total. The van der Waals surface area contributed by atoms with E-state index < -0.39 is 0 Å². The first-order valence-electron chi connectivity index (χ1n) is 12.6. The van der Waals surface area contributed by atoms with Gasteiger partial charge >= 0.3 is 6.03 Å². The predicted octanol–water partition coefficient (Wildman–Crippen LogP) is 4.50. The average Bonchev–Trinajstić information content (AvgIpc) is 3.44. The summed E-state index contributed by atoms with van der Waals surface area (Å²) in [7, 11) is 3.49. The van der Waals surface area contributed by atoms with Crippen molar-refractivity contribution in [1.29, 1.82) is 5.26 Å². The van der Waals surface area contributed by atoms with Crippen molar-refractivity contribution in [2.45, 2.75) is 58.5 Å². The molecule has 1 aromatic carbocycles. The molecule has 1 aliphatic heterocycles. The number of aromatic nitrogens is 2. The van der Waals surface area contributed by atoms with Crippen LogP contribution in [0.1, 0.15) is 60.1 Å². The number of fused-ring (bicyclic) bond motifs is 1. The second kappa shape index (κ2) is 11.3. The standard InChI is InChI=1S/C28H34N6O3S/c1-28(2,3)24-14-19(33(4)32-24)16-30-27(36)34-13-12-20-21(15-29)26(38-23(20)17-34)31-25(35)11-10-18-8-6-7-9-22(18)37-5/h6-9,14H,10-13,16-17H2,1-5H3,(H,30,36)(H,31,35). The fraction of sp³-hybridized carbons (Fsp3) is 0.429. The molecule has 3 aromatic rings. The third-order valence-electron chi connectivity index (χ3n) is 6.69. The smallest absolute Gasteiger partial charge is 0.318 e. The maximum atomic E-state index is 13.0. The number of ether oxygens (including phenoxy) is 1. The van der Waals surface area contributed by atoms with E-state index >= 15 is 0 Å². The summed E-state index contributed by atoms with van der Waals surface area (Å²) in [5.74, 6) is 0.590. The highest BCUT2D eigenvalue weighted by Gasteiger charge is 2.28. The van der Waals surface area contributed by atoms with Crippen molar-refractivity contribution < 1.29 is 14.3 Å². The molecule has 2 aromatic heterocycles. The fourth-order valence-electron chi connectivity index (χ4n) is 4.45. The van der Waals surface area contributed by atoms with Gasteiger partial charge in [0.05, 0.1) is 37.2 Å². The van der Waals surface area contributed by atoms with Crippen LogP contribution in [0.25, 0.3) is 0 Å². The van der Waals surface area contributed by atoms with Gasteiger partial charge in [-0.05, 0) is 36.1 Å². The minimum absolute atomic E-state index is 0.0670. The molecule has 3 amide bonds. The number of anilines is 1. The summed E-state index contributed by atoms with van der Waals surface area (Å²) in [6.45, 7) is 7.60. The number of hydrogen-bond donors (Lipinski definition) is 2. The molecular formula is C28H34N6O3S. The Morgan fingerprint density at radius 1 is 1.26 bits per heavy atom. The number of nitriles is 1. The number of benzene rings is 1. The predicted molar refractivity (Wildman–Crippen MR) is 147 cm³/mol. The Labute approximate surface area is 227 Å². The number of nitrogens with zero attached hydrogens (tertiary/aromatic N) is 4. The van der Waals surface area contributed by atoms with E-state index in [9.17, 15) is 14.9 Å². The summed E-state index contributed by atoms with van der Waals surface area (Å²) in [5.41, 5.74) is 4.22. The number of nitrogens with one attached hydrogen (secondary N) is 2. The summed E-state index contributed by atoms with van der Waals surface area (Å²) < 4.78 is 7.17. The molecule has 0 fully saturated rings. The van der Waals surface area contributed by atoms with Crippen molar-refractivity contribution in [3.63, 3.8) is 0 Å². The zero-order valence-corrected chi connectivity index (χ0v) is 23.4. The van der Waals surface area contributed by atoms with E-state index in [4.69, 9.17) is 4.74 Å². The summed E-state index contributed by atoms with van der Waals surface area (Å²) in [5, 5.41) is 20.9. The molecule has 0 aliphatic carbocycles. The molecule has 0 saturated carbocycles. The molecule has 0 radical (unpaired) electrons. The topological polar surface area (TPSA) is 112 Å². The zero-order valence-electron chi connectivity index (χ0n) is 22.6. The highest BCUT2D eigenvalue weighted by molar-refractivity contribution is 7.16. The third-order valence-corrected chi connectivity index (χ3v) is 7.82. The Kier molecular flexibility index (Phi) is 8.07. The van der Waals surface area contributed by atoms with Gasteiger partial charge in [0, 0.05) is 30.3 Å². The minimum atomic E-state index is -0.163. The number of thiophene rings is 1. The first-order valence-corrected chi connectivity index (χ1v) is 13.4. The fourth-order valence-corrected chi connectivity index (χ4v) is 5.68. The van der Waals surface area contributed by atoms with Crippen molar-refractivity contribution in [3.8, 4) is 11.8 Å². The number of rotatable bonds is 7. The number of aryl methyl sites for hydroxylation is 2. The van der Waals surface area contributed by atoms with E-state index in [1.165, 1.54) is 11.3 Å². The quantitative estimate of drug-likeness (QED) is 0.464. The molecule has 0 spiro atoms. The van der Waals surface area contributed by atoms with Gasteiger partial charge in [-0.25, -0.2) is 4.79 Å². The summed E-state index contributed by atoms with van der Waals surface area (Å²) in [4.78, 5) is 28.3. The molecule has 0 unspecified atom stereocenters. The van der Waals surface area contributed by atoms with Crippen molar-refractivity contribution >= 4 is 28.3 Å². The second-order valence-corrected chi connectivity index (χ2v) is 11.5. The van der Waals surface area contributed by atoms with Crippen LogP contribution in [0.2, 0.25) is 0 Å². The highest BCUT2D eigenvalue weighted by Crippen LogP contribution is 2.37. The molecule has 10 heteroatoms. The molecule has 9 nitrogen and oxygen atoms in total. The monoisotopic (exact) mass is 534 g/mol. The molecule has 38 heavy (non-hydrogen) atoms. The van der Waals surface area contributed by atoms with Crippen molar-refractivity contribution in [3.05, 3.63) is 63.3 Å². The lowest BCUT2D eigenvalue weighted by atomic mass is 9.92. The summed E-state index contributed by atoms with van der Waals surface area (Å²) in [6.07, 6.45) is 1.37. The lowest BCUT2D eigenvalue weighted by Crippen LogP contribution is -2.42. The van der Waals surface area contributed by atoms with Gasteiger partial charge in [-0.1, -0.05) is 39.0 Å². The van der Waals surface area contributed by atoms with Gasteiger partial charge in [-0.3, -0.25) is 9.48 Å². The summed E-state index contributed by atoms with van der Waals surface area (Å²) in [6, 6.07) is 11.7. The lowest BCUT2D eigenvalue weighted by molar-refractivity contribution is -0.116. The van der Waals surface area contributed by atoms with E-state index in [0.29, 0.717) is 43.0 Å². The van der Waals surface area contributed by atoms with E-state index in [-0.39, 0.29) is 23.8 Å². The maximum absolute atomic E-state index is 13.0. The molecular weight excluding hydrogens is 500 g/mol. The van der Waals surface area contributed by atoms with E-state index in [0.717, 1.165) is 33.1 Å². The Bertz CT molecular complexity index is 1380. The first kappa shape index (κ1) is 27.2. The third kappa shape index (κ3) is 6.00. The molecule has 0 bridgehead atoms. The minimum Gasteiger partial charge on any atom is -0.496 e. The number of carbonyl (C=O) groups is 2. The number of carbonyl (C=O) groups excluding carboxylic acids is 2. The zero-order chi connectivity index (χ0) is 27.4. The maximum Gasteiger partial charge on any atom is 0.318 e. The number of methoxy groups -OCH3 is 1. The van der Waals surface area contributed by atoms with Gasteiger partial charge in [-0.2, -0.15) is 10.4 Å². The lowest BCUT2D eigenvalue weighted by Gasteiger charge is -2.27. The van der Waals surface area contributed by atoms with Crippen LogP contribution in [0.4, 0.5) is 9.80 Å². The van der Waals surface area contributed by atoms with Crippen molar-refractivity contribution in [2.75, 3.05) is 19.0 Å². The molecule has 200 valence electrons. The van der Waals surface area contributed by atoms with E-state index in [2.05, 4.69) is 42.6 Å². The molecule has 0 saturated heterocycles. The van der Waals surface area contributed by atoms with Crippen molar-refractivity contribution in [2.24, 2.45) is 7.05 Å². The van der Waals surface area contributed by atoms with Gasteiger partial charge in [0.1, 0.15) is 16.8 Å². The SMILES string of the molecule is COc1ccccc1CCC(=O)Nc1sc2c(c1C#N)CCN(C(=O)NCc1cc(C(C)(C)C)nn1C)C2. The molecule has 4 rings (SSSR count). The summed E-state index contributed by atoms with van der Waals surface area (Å²) >= 11 is 1.37. The van der Waals surface area contributed by atoms with Crippen LogP contribution in [0.3, 0.4) is 0 Å². The second-order valence-electron chi connectivity index (χ2n) is 10.4. The molecule has 1 aliphatic rings. The largest absolute Gasteiger partial charge is 0.496 e. The van der Waals surface area contributed by atoms with Crippen molar-refractivity contribution in [1.82, 2.24) is 20.0 Å². The molecule has 3 heterocycles. The Hall–Kier alpha value is -3.84. The van der Waals surface area contributed by atoms with Gasteiger partial charge in [0.15, 0.2) is 0 Å². The Morgan fingerprint density at radius 2 is 2.03 bits per heavy atom. The highest BCUT2D eigenvalue weighted by atomic mass is 32.1. The van der Waals surface area contributed by atoms with Crippen LogP contribution in [-0.4, -0.2) is 40.3 Å². The van der Waals surface area contributed by atoms with Crippen LogP contribution >= 0.6 is 11.3 Å². The number of hydrogen-bond acceptors (Lipinski definition) is 6. The van der Waals surface area contributed by atoms with Crippen LogP contribution in [0, 0.1) is 11.3 Å². The van der Waals surface area contributed by atoms with E-state index in [1.54, 1.807) is 16.7 Å². The number of amides is 3. The normalized spacial score (nSPS) is 13.0. The van der Waals surface area contributed by atoms with Gasteiger partial charge < -0.3 is 20.3 Å².